The highest BCUT2D eigenvalue weighted by atomic mass is 32.2. The Morgan fingerprint density at radius 1 is 0.516 bits per heavy atom. The Bertz CT molecular complexity index is 1020. The van der Waals surface area contributed by atoms with Crippen LogP contribution in [0.5, 0.6) is 0 Å². The van der Waals surface area contributed by atoms with E-state index in [9.17, 15) is 5.11 Å². The van der Waals surface area contributed by atoms with Crippen molar-refractivity contribution in [2.45, 2.75) is 218 Å². The molecule has 0 saturated heterocycles. The minimum Gasteiger partial charge on any atom is -0.393 e. The summed E-state index contributed by atoms with van der Waals surface area (Å²) in [6.07, 6.45) is 1.96. The maximum absolute atomic E-state index is 9.92. The number of hydrogen-bond acceptors (Lipinski definition) is 5. The Morgan fingerprint density at radius 2 is 0.922 bits per heavy atom. The first-order chi connectivity index (χ1) is 29.1. The van der Waals surface area contributed by atoms with Gasteiger partial charge in [-0.3, -0.25) is 0 Å². The number of nitrogens with one attached hydrogen (secondary N) is 1. The third-order valence-corrected chi connectivity index (χ3v) is 12.9. The summed E-state index contributed by atoms with van der Waals surface area (Å²) in [6.45, 7) is 68.1. The minimum atomic E-state index is -0.169. The van der Waals surface area contributed by atoms with Crippen LogP contribution in [0.2, 0.25) is 0 Å². The van der Waals surface area contributed by atoms with E-state index >= 15 is 0 Å². The Labute approximate surface area is 410 Å². The van der Waals surface area contributed by atoms with E-state index in [-0.39, 0.29) is 11.5 Å². The lowest BCUT2D eigenvalue weighted by Crippen LogP contribution is -2.35. The number of ether oxygens (including phenoxy) is 2. The molecule has 0 amide bonds. The predicted octanol–water partition coefficient (Wildman–Crippen LogP) is 17.6. The fourth-order valence-corrected chi connectivity index (χ4v) is 6.34. The van der Waals surface area contributed by atoms with Crippen LogP contribution in [0.15, 0.2) is 30.3 Å². The third kappa shape index (κ3) is 52.4. The van der Waals surface area contributed by atoms with Gasteiger partial charge in [0.05, 0.1) is 12.7 Å². The number of rotatable bonds is 24. The summed E-state index contributed by atoms with van der Waals surface area (Å²) in [5, 5.41) is 14.1. The van der Waals surface area contributed by atoms with Crippen LogP contribution in [0, 0.1) is 81.8 Å². The average Bonchev–Trinajstić information content (AvgIpc) is 3.13. The largest absolute Gasteiger partial charge is 0.393 e. The molecule has 1 unspecified atom stereocenters. The van der Waals surface area contributed by atoms with Crippen LogP contribution in [-0.4, -0.2) is 61.7 Å². The second kappa shape index (κ2) is 42.5. The lowest BCUT2D eigenvalue weighted by atomic mass is 9.74. The van der Waals surface area contributed by atoms with Crippen molar-refractivity contribution in [3.63, 3.8) is 0 Å². The number of benzene rings is 1. The normalized spacial score (nSPS) is 12.5. The van der Waals surface area contributed by atoms with Crippen molar-refractivity contribution in [1.29, 1.82) is 0 Å². The van der Waals surface area contributed by atoms with Crippen LogP contribution in [0.4, 0.5) is 0 Å². The van der Waals surface area contributed by atoms with Crippen LogP contribution in [0.25, 0.3) is 0 Å². The second-order valence-electron chi connectivity index (χ2n) is 24.6. The number of thioether (sulfide) groups is 1. The monoisotopic (exact) mass is 926 g/mol. The Morgan fingerprint density at radius 3 is 1.20 bits per heavy atom. The van der Waals surface area contributed by atoms with Crippen molar-refractivity contribution in [1.82, 2.24) is 5.32 Å². The Kier molecular flexibility index (Phi) is 48.1. The van der Waals surface area contributed by atoms with Crippen molar-refractivity contribution < 1.29 is 14.6 Å². The van der Waals surface area contributed by atoms with E-state index in [0.29, 0.717) is 40.9 Å². The van der Waals surface area contributed by atoms with Crippen molar-refractivity contribution in [2.24, 2.45) is 81.8 Å². The van der Waals surface area contributed by atoms with Crippen LogP contribution in [-0.2, 0) is 15.9 Å². The van der Waals surface area contributed by atoms with E-state index in [4.69, 9.17) is 9.47 Å². The zero-order chi connectivity index (χ0) is 51.4. The summed E-state index contributed by atoms with van der Waals surface area (Å²) in [6, 6.07) is 10.8. The highest BCUT2D eigenvalue weighted by Gasteiger charge is 2.31. The predicted molar refractivity (Wildman–Crippen MR) is 297 cm³/mol. The molecule has 0 aromatic heterocycles. The van der Waals surface area contributed by atoms with Gasteiger partial charge >= 0.3 is 0 Å². The fourth-order valence-electron chi connectivity index (χ4n) is 5.57. The van der Waals surface area contributed by atoms with Crippen LogP contribution < -0.4 is 5.32 Å². The van der Waals surface area contributed by atoms with Gasteiger partial charge in [0.15, 0.2) is 0 Å². The molecule has 0 spiro atoms. The van der Waals surface area contributed by atoms with Crippen LogP contribution in [0.1, 0.15) is 206 Å². The Balaban J connectivity index is -0.000000220. The molecule has 0 aliphatic carbocycles. The van der Waals surface area contributed by atoms with Gasteiger partial charge in [0, 0.05) is 19.8 Å². The molecule has 0 radical (unpaired) electrons. The molecule has 2 N–H and O–H groups in total. The van der Waals surface area contributed by atoms with Crippen molar-refractivity contribution in [3.05, 3.63) is 35.9 Å². The number of aliphatic hydroxyl groups excluding tert-OH is 1. The van der Waals surface area contributed by atoms with Crippen molar-refractivity contribution >= 4 is 11.8 Å². The first-order valence-corrected chi connectivity index (χ1v) is 27.4. The van der Waals surface area contributed by atoms with E-state index < -0.39 is 0 Å². The molecule has 64 heavy (non-hydrogen) atoms. The number of hydrogen-bond donors (Lipinski definition) is 2. The fraction of sp³-hybridized carbons (Fsp3) is 0.898. The molecule has 0 fully saturated rings. The molecule has 0 saturated carbocycles. The van der Waals surface area contributed by atoms with Gasteiger partial charge < -0.3 is 19.9 Å². The molecule has 5 heteroatoms. The molecule has 4 nitrogen and oxygen atoms in total. The van der Waals surface area contributed by atoms with E-state index in [1.807, 2.05) is 11.8 Å². The summed E-state index contributed by atoms with van der Waals surface area (Å²) in [5.74, 6) is 9.85. The van der Waals surface area contributed by atoms with Gasteiger partial charge in [0.25, 0.3) is 0 Å². The van der Waals surface area contributed by atoms with Gasteiger partial charge in [-0.2, -0.15) is 11.8 Å². The first kappa shape index (κ1) is 72.4. The third-order valence-electron chi connectivity index (χ3n) is 11.3. The molecule has 1 aromatic rings. The standard InChI is InChI=1S/C14H22.2C11H24O.C8H19N.C8H18O.C7H16S/c1-11(2)14(12(3)4)10-13-8-6-5-7-9-13;1-9(2)7-12-8-11(5,6)10(3)4;1-8(2)7-10(12)11(5,6)9(3)4;2*1-7(2)5-9-6-8(3)4;1-6(2)5-8-7(3)4/h5-9,11-12,14H,10H2,1-4H3;9-10H,7-8H2,1-6H3;8-10,12H,7H2,1-6H3;7-9H,5-6H2,1-4H3;7-8H,5-6H2,1-4H3;6-7H,5H2,1-4H3. The van der Waals surface area contributed by atoms with E-state index in [2.05, 4.69) is 230 Å². The maximum Gasteiger partial charge on any atom is 0.0596 e. The Hall–Kier alpha value is -0.590. The average molecular weight is 927 g/mol. The topological polar surface area (TPSA) is 50.7 Å². The second-order valence-corrected chi connectivity index (χ2v) is 26.2. The molecule has 1 atom stereocenters. The molecule has 0 heterocycles. The van der Waals surface area contributed by atoms with Gasteiger partial charge in [-0.25, -0.2) is 0 Å². The zero-order valence-corrected chi connectivity index (χ0v) is 49.8. The van der Waals surface area contributed by atoms with Crippen molar-refractivity contribution in [2.75, 3.05) is 45.3 Å². The molecule has 0 aliphatic heterocycles. The molecule has 388 valence electrons. The molecule has 0 bridgehead atoms. The molecular weight excluding hydrogens is 803 g/mol. The highest BCUT2D eigenvalue weighted by molar-refractivity contribution is 7.99. The summed E-state index contributed by atoms with van der Waals surface area (Å²) in [5.41, 5.74) is 1.83. The van der Waals surface area contributed by atoms with E-state index in [1.54, 1.807) is 0 Å². The number of aliphatic hydroxyl groups is 1. The van der Waals surface area contributed by atoms with Gasteiger partial charge in [-0.15, -0.1) is 0 Å². The SMILES string of the molecule is CC(C)C(Cc1ccccc1)C(C)C.CC(C)CC(O)C(C)(C)C(C)C.CC(C)CNCC(C)C.CC(C)COCC(C)(C)C(C)C.CC(C)COCC(C)C.CC(C)CSC(C)C. The first-order valence-electron chi connectivity index (χ1n) is 26.3. The smallest absolute Gasteiger partial charge is 0.0596 e. The maximum atomic E-state index is 9.92. The van der Waals surface area contributed by atoms with Gasteiger partial charge in [-0.1, -0.05) is 224 Å². The summed E-state index contributed by atoms with van der Waals surface area (Å²) < 4.78 is 11.0. The highest BCUT2D eigenvalue weighted by Crippen LogP contribution is 2.33. The summed E-state index contributed by atoms with van der Waals surface area (Å²) >= 11 is 2.04. The lowest BCUT2D eigenvalue weighted by molar-refractivity contribution is 0.00322. The summed E-state index contributed by atoms with van der Waals surface area (Å²) in [7, 11) is 0. The quantitative estimate of drug-likeness (QED) is 0.108. The zero-order valence-electron chi connectivity index (χ0n) is 49.0. The van der Waals surface area contributed by atoms with Crippen molar-refractivity contribution in [3.8, 4) is 0 Å². The lowest BCUT2D eigenvalue weighted by Gasteiger charge is -2.35. The van der Waals surface area contributed by atoms with Gasteiger partial charge in [0.1, 0.15) is 0 Å². The van der Waals surface area contributed by atoms with Gasteiger partial charge in [0.2, 0.25) is 0 Å². The van der Waals surface area contributed by atoms with E-state index in [0.717, 1.165) is 86.7 Å². The molecule has 1 rings (SSSR count). The minimum absolute atomic E-state index is 0.0459. The molecule has 0 aliphatic rings. The van der Waals surface area contributed by atoms with Gasteiger partial charge in [-0.05, 0) is 124 Å². The van der Waals surface area contributed by atoms with E-state index in [1.165, 1.54) is 17.7 Å². The molecule has 1 aromatic carbocycles. The van der Waals surface area contributed by atoms with Crippen LogP contribution >= 0.6 is 11.8 Å². The summed E-state index contributed by atoms with van der Waals surface area (Å²) in [4.78, 5) is 0. The van der Waals surface area contributed by atoms with Crippen LogP contribution in [0.3, 0.4) is 0 Å². The molecular formula is C59H123NO3S.